The van der Waals surface area contributed by atoms with Crippen LogP contribution in [0.4, 0.5) is 20.2 Å². The van der Waals surface area contributed by atoms with E-state index in [2.05, 4.69) is 16.0 Å². The maximum absolute atomic E-state index is 13.5. The molecule has 6 nitrogen and oxygen atoms in total. The van der Waals surface area contributed by atoms with Gasteiger partial charge in [-0.2, -0.15) is 0 Å². The standard InChI is InChI=1S/C18H16ClF2N3O3/c1-10(25)23-15-5-2-11(19)8-16(15)24-17(26)6-7-22-18(27)13-4-3-12(20)9-14(13)21/h2-5,8-9H,6-7H2,1H3,(H,22,27)(H,23,25)(H,24,26). The first-order valence-electron chi connectivity index (χ1n) is 7.86. The maximum atomic E-state index is 13.5. The van der Waals surface area contributed by atoms with Crippen LogP contribution in [0.5, 0.6) is 0 Å². The van der Waals surface area contributed by atoms with E-state index >= 15 is 0 Å². The van der Waals surface area contributed by atoms with Crippen molar-refractivity contribution in [1.82, 2.24) is 5.32 Å². The Morgan fingerprint density at radius 1 is 1.00 bits per heavy atom. The molecule has 3 amide bonds. The van der Waals surface area contributed by atoms with Crippen molar-refractivity contribution in [3.8, 4) is 0 Å². The van der Waals surface area contributed by atoms with Gasteiger partial charge in [0.2, 0.25) is 11.8 Å². The van der Waals surface area contributed by atoms with Crippen LogP contribution in [0.1, 0.15) is 23.7 Å². The summed E-state index contributed by atoms with van der Waals surface area (Å²) in [7, 11) is 0. The highest BCUT2D eigenvalue weighted by atomic mass is 35.5. The summed E-state index contributed by atoms with van der Waals surface area (Å²) in [6.45, 7) is 1.25. The molecule has 0 bridgehead atoms. The fourth-order valence-corrected chi connectivity index (χ4v) is 2.36. The molecule has 142 valence electrons. The molecule has 9 heteroatoms. The van der Waals surface area contributed by atoms with Gasteiger partial charge in [-0.15, -0.1) is 0 Å². The van der Waals surface area contributed by atoms with Gasteiger partial charge in [0.15, 0.2) is 0 Å². The van der Waals surface area contributed by atoms with Crippen LogP contribution in [0.3, 0.4) is 0 Å². The summed E-state index contributed by atoms with van der Waals surface area (Å²) < 4.78 is 26.4. The lowest BCUT2D eigenvalue weighted by Crippen LogP contribution is -2.28. The van der Waals surface area contributed by atoms with E-state index in [-0.39, 0.29) is 24.4 Å². The molecular formula is C18H16ClF2N3O3. The largest absolute Gasteiger partial charge is 0.351 e. The number of hydrogen-bond donors (Lipinski definition) is 3. The zero-order valence-corrected chi connectivity index (χ0v) is 15.0. The van der Waals surface area contributed by atoms with Gasteiger partial charge in [0.1, 0.15) is 11.6 Å². The molecule has 0 unspecified atom stereocenters. The van der Waals surface area contributed by atoms with Crippen molar-refractivity contribution >= 4 is 40.7 Å². The number of amides is 3. The minimum atomic E-state index is -0.990. The van der Waals surface area contributed by atoms with Crippen LogP contribution in [0.15, 0.2) is 36.4 Å². The Hall–Kier alpha value is -3.00. The third-order valence-electron chi connectivity index (χ3n) is 3.38. The SMILES string of the molecule is CC(=O)Nc1ccc(Cl)cc1NC(=O)CCNC(=O)c1ccc(F)cc1F. The van der Waals surface area contributed by atoms with Crippen molar-refractivity contribution in [2.75, 3.05) is 17.2 Å². The highest BCUT2D eigenvalue weighted by Gasteiger charge is 2.13. The van der Waals surface area contributed by atoms with Crippen LogP contribution in [0, 0.1) is 11.6 Å². The predicted molar refractivity (Wildman–Crippen MR) is 97.7 cm³/mol. The van der Waals surface area contributed by atoms with Gasteiger partial charge < -0.3 is 16.0 Å². The first kappa shape index (κ1) is 20.3. The number of hydrogen-bond acceptors (Lipinski definition) is 3. The molecule has 0 radical (unpaired) electrons. The second-order valence-corrected chi connectivity index (χ2v) is 5.99. The molecule has 27 heavy (non-hydrogen) atoms. The molecule has 0 aliphatic carbocycles. The molecule has 0 spiro atoms. The van der Waals surface area contributed by atoms with E-state index < -0.39 is 23.4 Å². The predicted octanol–water partition coefficient (Wildman–Crippen LogP) is 3.34. The zero-order valence-electron chi connectivity index (χ0n) is 14.2. The summed E-state index contributed by atoms with van der Waals surface area (Å²) >= 11 is 5.89. The minimum absolute atomic E-state index is 0.0719. The third kappa shape index (κ3) is 6.03. The first-order valence-corrected chi connectivity index (χ1v) is 8.24. The lowest BCUT2D eigenvalue weighted by Gasteiger charge is -2.12. The first-order chi connectivity index (χ1) is 12.8. The van der Waals surface area contributed by atoms with Gasteiger partial charge in [0.05, 0.1) is 16.9 Å². The zero-order chi connectivity index (χ0) is 20.0. The smallest absolute Gasteiger partial charge is 0.254 e. The van der Waals surface area contributed by atoms with Crippen LogP contribution in [0.25, 0.3) is 0 Å². The second-order valence-electron chi connectivity index (χ2n) is 5.55. The van der Waals surface area contributed by atoms with Gasteiger partial charge in [0.25, 0.3) is 5.91 Å². The molecule has 0 fully saturated rings. The van der Waals surface area contributed by atoms with Crippen molar-refractivity contribution in [2.24, 2.45) is 0 Å². The molecule has 2 aromatic carbocycles. The van der Waals surface area contributed by atoms with Crippen molar-refractivity contribution in [3.05, 3.63) is 58.6 Å². The normalized spacial score (nSPS) is 10.2. The van der Waals surface area contributed by atoms with Crippen molar-refractivity contribution in [1.29, 1.82) is 0 Å². The molecule has 0 saturated carbocycles. The number of nitrogens with one attached hydrogen (secondary N) is 3. The van der Waals surface area contributed by atoms with Crippen LogP contribution < -0.4 is 16.0 Å². The summed E-state index contributed by atoms with van der Waals surface area (Å²) in [6.07, 6.45) is -0.111. The molecule has 0 saturated heterocycles. The third-order valence-corrected chi connectivity index (χ3v) is 3.61. The number of carbonyl (C=O) groups excluding carboxylic acids is 3. The van der Waals surface area contributed by atoms with Gasteiger partial charge >= 0.3 is 0 Å². The molecule has 0 atom stereocenters. The summed E-state index contributed by atoms with van der Waals surface area (Å²) in [5, 5.41) is 7.87. The van der Waals surface area contributed by atoms with Crippen LogP contribution in [-0.4, -0.2) is 24.3 Å². The molecular weight excluding hydrogens is 380 g/mol. The highest BCUT2D eigenvalue weighted by molar-refractivity contribution is 6.31. The molecule has 2 rings (SSSR count). The Balaban J connectivity index is 1.92. The van der Waals surface area contributed by atoms with Crippen LogP contribution in [0.2, 0.25) is 5.02 Å². The van der Waals surface area contributed by atoms with E-state index in [4.69, 9.17) is 11.6 Å². The quantitative estimate of drug-likeness (QED) is 0.701. The van der Waals surface area contributed by atoms with Crippen molar-refractivity contribution in [2.45, 2.75) is 13.3 Å². The van der Waals surface area contributed by atoms with Gasteiger partial charge in [-0.05, 0) is 30.3 Å². The number of benzene rings is 2. The Morgan fingerprint density at radius 2 is 1.74 bits per heavy atom. The van der Waals surface area contributed by atoms with Crippen molar-refractivity contribution in [3.63, 3.8) is 0 Å². The van der Waals surface area contributed by atoms with Gasteiger partial charge in [-0.1, -0.05) is 11.6 Å². The summed E-state index contributed by atoms with van der Waals surface area (Å²) in [5.41, 5.74) is 0.357. The highest BCUT2D eigenvalue weighted by Crippen LogP contribution is 2.26. The lowest BCUT2D eigenvalue weighted by atomic mass is 10.2. The van der Waals surface area contributed by atoms with E-state index in [1.165, 1.54) is 13.0 Å². The van der Waals surface area contributed by atoms with E-state index in [0.717, 1.165) is 12.1 Å². The number of carbonyl (C=O) groups is 3. The van der Waals surface area contributed by atoms with Crippen LogP contribution in [-0.2, 0) is 9.59 Å². The molecule has 0 aliphatic rings. The fraction of sp³-hybridized carbons (Fsp3) is 0.167. The lowest BCUT2D eigenvalue weighted by molar-refractivity contribution is -0.116. The Bertz CT molecular complexity index is 890. The van der Waals surface area contributed by atoms with E-state index in [9.17, 15) is 23.2 Å². The summed E-state index contributed by atoms with van der Waals surface area (Å²) in [6, 6.07) is 7.15. The van der Waals surface area contributed by atoms with E-state index in [0.29, 0.717) is 22.5 Å². The Labute approximate surface area is 158 Å². The molecule has 0 aromatic heterocycles. The van der Waals surface area contributed by atoms with E-state index in [1.54, 1.807) is 12.1 Å². The maximum Gasteiger partial charge on any atom is 0.254 e. The van der Waals surface area contributed by atoms with Crippen molar-refractivity contribution < 1.29 is 23.2 Å². The minimum Gasteiger partial charge on any atom is -0.351 e. The van der Waals surface area contributed by atoms with E-state index in [1.807, 2.05) is 0 Å². The average molecular weight is 396 g/mol. The Morgan fingerprint density at radius 3 is 2.41 bits per heavy atom. The van der Waals surface area contributed by atoms with Gasteiger partial charge in [-0.25, -0.2) is 8.78 Å². The topological polar surface area (TPSA) is 87.3 Å². The second kappa shape index (κ2) is 9.09. The molecule has 0 aliphatic heterocycles. The number of rotatable bonds is 6. The molecule has 0 heterocycles. The summed E-state index contributed by atoms with van der Waals surface area (Å²) in [5.74, 6) is -3.32. The molecule has 3 N–H and O–H groups in total. The molecule has 2 aromatic rings. The van der Waals surface area contributed by atoms with Gasteiger partial charge in [-0.3, -0.25) is 14.4 Å². The van der Waals surface area contributed by atoms with Gasteiger partial charge in [0, 0.05) is 31.0 Å². The monoisotopic (exact) mass is 395 g/mol. The number of halogens is 3. The number of anilines is 2. The van der Waals surface area contributed by atoms with Crippen LogP contribution >= 0.6 is 11.6 Å². The fourth-order valence-electron chi connectivity index (χ4n) is 2.19. The Kier molecular flexibility index (Phi) is 6.84. The summed E-state index contributed by atoms with van der Waals surface area (Å²) in [4.78, 5) is 35.1. The average Bonchev–Trinajstić information content (AvgIpc) is 2.56.